The molecule has 0 heterocycles. The van der Waals surface area contributed by atoms with E-state index in [1.54, 1.807) is 0 Å². The SMILES string of the molecule is CCCCCCCC(=O)CC[C@@H]1[C@@H](C/C=C\CCCC(=O)OCC(CO[N+](=O)[O-])OCCO[N+](=O)[O-])CC[C@H]1O. The number of nitrogens with zero attached hydrogens (tertiary/aromatic N) is 2. The Morgan fingerprint density at radius 3 is 2.40 bits per heavy atom. The third-order valence-electron chi connectivity index (χ3n) is 7.04. The van der Waals surface area contributed by atoms with Crippen LogP contribution in [0.25, 0.3) is 0 Å². The van der Waals surface area contributed by atoms with Gasteiger partial charge < -0.3 is 24.3 Å². The molecule has 0 saturated heterocycles. The Morgan fingerprint density at radius 2 is 1.68 bits per heavy atom. The second-order valence-corrected chi connectivity index (χ2v) is 10.2. The number of Topliss-reactive ketones (excluding diaryl/α,β-unsaturated/α-hetero) is 1. The van der Waals surface area contributed by atoms with Crippen LogP contribution in [0.2, 0.25) is 0 Å². The normalized spacial score (nSPS) is 19.4. The quantitative estimate of drug-likeness (QED) is 0.0532. The van der Waals surface area contributed by atoms with Crippen LogP contribution in [0.15, 0.2) is 12.2 Å². The highest BCUT2D eigenvalue weighted by atomic mass is 17.0. The van der Waals surface area contributed by atoms with Gasteiger partial charge in [0.1, 0.15) is 31.7 Å². The van der Waals surface area contributed by atoms with Gasteiger partial charge in [0.25, 0.3) is 10.2 Å². The molecule has 1 saturated carbocycles. The average Bonchev–Trinajstić information content (AvgIpc) is 3.26. The van der Waals surface area contributed by atoms with E-state index in [1.807, 2.05) is 6.08 Å². The summed E-state index contributed by atoms with van der Waals surface area (Å²) in [4.78, 5) is 53.2. The first-order valence-electron chi connectivity index (χ1n) is 14.4. The molecule has 4 atom stereocenters. The number of allylic oxidation sites excluding steroid dienone is 2. The Morgan fingerprint density at radius 1 is 0.925 bits per heavy atom. The van der Waals surface area contributed by atoms with Gasteiger partial charge in [0.15, 0.2) is 0 Å². The van der Waals surface area contributed by atoms with Crippen molar-refractivity contribution in [3.63, 3.8) is 0 Å². The van der Waals surface area contributed by atoms with Crippen LogP contribution in [-0.2, 0) is 28.7 Å². The topological polar surface area (TPSA) is 178 Å². The lowest BCUT2D eigenvalue weighted by Gasteiger charge is -2.20. The van der Waals surface area contributed by atoms with Crippen LogP contribution in [0.5, 0.6) is 0 Å². The van der Waals surface area contributed by atoms with Gasteiger partial charge in [0.05, 0.1) is 12.7 Å². The molecular weight excluding hydrogens is 528 g/mol. The van der Waals surface area contributed by atoms with Crippen LogP contribution < -0.4 is 0 Å². The van der Waals surface area contributed by atoms with Gasteiger partial charge in [-0.1, -0.05) is 44.8 Å². The minimum absolute atomic E-state index is 0.142. The van der Waals surface area contributed by atoms with Crippen molar-refractivity contribution in [1.82, 2.24) is 0 Å². The van der Waals surface area contributed by atoms with E-state index in [2.05, 4.69) is 22.7 Å². The van der Waals surface area contributed by atoms with E-state index < -0.39 is 28.9 Å². The zero-order chi connectivity index (χ0) is 29.6. The van der Waals surface area contributed by atoms with Crippen molar-refractivity contribution in [3.05, 3.63) is 32.4 Å². The number of carbonyl (C=O) groups excluding carboxylic acids is 2. The molecule has 13 nitrogen and oxygen atoms in total. The number of hydrogen-bond acceptors (Lipinski definition) is 11. The number of esters is 1. The van der Waals surface area contributed by atoms with Crippen molar-refractivity contribution in [3.8, 4) is 0 Å². The van der Waals surface area contributed by atoms with E-state index in [1.165, 1.54) is 19.3 Å². The van der Waals surface area contributed by atoms with Crippen molar-refractivity contribution in [2.45, 2.75) is 109 Å². The molecule has 1 unspecified atom stereocenters. The first-order chi connectivity index (χ1) is 19.2. The van der Waals surface area contributed by atoms with Crippen molar-refractivity contribution in [1.29, 1.82) is 0 Å². The molecular formula is C27H46N2O11. The maximum absolute atomic E-state index is 12.3. The Hall–Kier alpha value is -2.80. The smallest absolute Gasteiger partial charge is 0.305 e. The summed E-state index contributed by atoms with van der Waals surface area (Å²) in [6.07, 6.45) is 14.2. The van der Waals surface area contributed by atoms with Gasteiger partial charge >= 0.3 is 5.97 Å². The molecule has 1 fully saturated rings. The third kappa shape index (κ3) is 17.7. The molecule has 0 radical (unpaired) electrons. The van der Waals surface area contributed by atoms with Gasteiger partial charge in [-0.3, -0.25) is 9.59 Å². The summed E-state index contributed by atoms with van der Waals surface area (Å²) in [7, 11) is 0. The van der Waals surface area contributed by atoms with Crippen molar-refractivity contribution < 1.29 is 44.0 Å². The molecule has 1 rings (SSSR count). The standard InChI is InChI=1S/C27H46N2O11/c1-2-3-4-5-9-12-23(30)15-16-25-22(14-17-26(25)31)11-8-6-7-10-13-27(32)38-20-24(21-40-29(35)36)37-18-19-39-28(33)34/h6,8,22,24-26,31H,2-5,7,9-21H2,1H3/b8-6-/t22-,24?,25+,26+/m0/s1. The number of ketones is 1. The van der Waals surface area contributed by atoms with Gasteiger partial charge in [-0.15, -0.1) is 20.2 Å². The fraction of sp³-hybridized carbons (Fsp3) is 0.852. The maximum Gasteiger partial charge on any atom is 0.305 e. The van der Waals surface area contributed by atoms with E-state index in [-0.39, 0.29) is 38.3 Å². The Labute approximate surface area is 235 Å². The number of rotatable bonds is 25. The molecule has 0 aromatic rings. The van der Waals surface area contributed by atoms with E-state index in [9.17, 15) is 34.9 Å². The number of aliphatic hydroxyl groups is 1. The number of carbonyl (C=O) groups is 2. The largest absolute Gasteiger partial charge is 0.463 e. The fourth-order valence-electron chi connectivity index (χ4n) is 4.85. The Kier molecular flexibility index (Phi) is 19.3. The lowest BCUT2D eigenvalue weighted by Crippen LogP contribution is -2.29. The molecule has 0 amide bonds. The molecule has 1 aliphatic carbocycles. The van der Waals surface area contributed by atoms with Crippen molar-refractivity contribution in [2.24, 2.45) is 11.8 Å². The van der Waals surface area contributed by atoms with Gasteiger partial charge in [-0.25, -0.2) is 0 Å². The van der Waals surface area contributed by atoms with E-state index in [4.69, 9.17) is 9.47 Å². The van der Waals surface area contributed by atoms with Crippen LogP contribution in [-0.4, -0.2) is 65.7 Å². The van der Waals surface area contributed by atoms with Crippen LogP contribution in [0.3, 0.4) is 0 Å². The van der Waals surface area contributed by atoms with Crippen LogP contribution >= 0.6 is 0 Å². The van der Waals surface area contributed by atoms with Gasteiger partial charge in [0.2, 0.25) is 0 Å². The average molecular weight is 575 g/mol. The molecule has 40 heavy (non-hydrogen) atoms. The minimum Gasteiger partial charge on any atom is -0.463 e. The van der Waals surface area contributed by atoms with E-state index in [0.717, 1.165) is 38.5 Å². The van der Waals surface area contributed by atoms with Gasteiger partial charge in [0, 0.05) is 19.3 Å². The highest BCUT2D eigenvalue weighted by Gasteiger charge is 2.33. The molecule has 1 N–H and O–H groups in total. The third-order valence-corrected chi connectivity index (χ3v) is 7.04. The number of hydrogen-bond donors (Lipinski definition) is 1. The molecule has 230 valence electrons. The molecule has 1 aliphatic rings. The second-order valence-electron chi connectivity index (χ2n) is 10.2. The minimum atomic E-state index is -1.01. The van der Waals surface area contributed by atoms with Gasteiger partial charge in [-0.05, 0) is 56.8 Å². The summed E-state index contributed by atoms with van der Waals surface area (Å²) in [5, 5.41) is 29.0. The van der Waals surface area contributed by atoms with Crippen LogP contribution in [0, 0.1) is 32.1 Å². The highest BCUT2D eigenvalue weighted by molar-refractivity contribution is 5.78. The zero-order valence-electron chi connectivity index (χ0n) is 23.6. The van der Waals surface area contributed by atoms with Crippen LogP contribution in [0.4, 0.5) is 0 Å². The number of ether oxygens (including phenoxy) is 2. The van der Waals surface area contributed by atoms with Crippen molar-refractivity contribution in [2.75, 3.05) is 26.4 Å². The van der Waals surface area contributed by atoms with E-state index >= 15 is 0 Å². The lowest BCUT2D eigenvalue weighted by molar-refractivity contribution is -0.760. The summed E-state index contributed by atoms with van der Waals surface area (Å²) in [5.74, 6) is 0.286. The first-order valence-corrected chi connectivity index (χ1v) is 14.4. The fourth-order valence-corrected chi connectivity index (χ4v) is 4.85. The summed E-state index contributed by atoms with van der Waals surface area (Å²) in [5.41, 5.74) is 0. The lowest BCUT2D eigenvalue weighted by atomic mass is 9.86. The van der Waals surface area contributed by atoms with Crippen LogP contribution in [0.1, 0.15) is 96.8 Å². The molecule has 0 aliphatic heterocycles. The van der Waals surface area contributed by atoms with Gasteiger partial charge in [-0.2, -0.15) is 0 Å². The highest BCUT2D eigenvalue weighted by Crippen LogP contribution is 2.38. The Bertz CT molecular complexity index is 778. The molecule has 0 aromatic heterocycles. The van der Waals surface area contributed by atoms with Crippen molar-refractivity contribution >= 4 is 11.8 Å². The number of unbranched alkanes of at least 4 members (excludes halogenated alkanes) is 5. The molecule has 0 aromatic carbocycles. The number of aliphatic hydroxyl groups excluding tert-OH is 1. The monoisotopic (exact) mass is 574 g/mol. The summed E-state index contributed by atoms with van der Waals surface area (Å²) < 4.78 is 10.3. The first kappa shape index (κ1) is 35.2. The molecule has 13 heteroatoms. The predicted molar refractivity (Wildman–Crippen MR) is 144 cm³/mol. The molecule has 0 spiro atoms. The summed E-state index contributed by atoms with van der Waals surface area (Å²) in [6, 6.07) is 0. The second kappa shape index (κ2) is 22.0. The zero-order valence-corrected chi connectivity index (χ0v) is 23.6. The summed E-state index contributed by atoms with van der Waals surface area (Å²) >= 11 is 0. The predicted octanol–water partition coefficient (Wildman–Crippen LogP) is 4.54. The maximum atomic E-state index is 12.3. The Balaban J connectivity index is 2.26. The molecule has 0 bridgehead atoms. The summed E-state index contributed by atoms with van der Waals surface area (Å²) in [6.45, 7) is 0.770. The van der Waals surface area contributed by atoms with E-state index in [0.29, 0.717) is 37.4 Å².